The van der Waals surface area contributed by atoms with Crippen molar-refractivity contribution in [1.82, 2.24) is 5.32 Å². The van der Waals surface area contributed by atoms with Gasteiger partial charge in [-0.05, 0) is 23.3 Å². The first-order valence-corrected chi connectivity index (χ1v) is 8.70. The summed E-state index contributed by atoms with van der Waals surface area (Å²) in [5.41, 5.74) is 3.07. The zero-order chi connectivity index (χ0) is 17.5. The quantitative estimate of drug-likeness (QED) is 0.825. The lowest BCUT2D eigenvalue weighted by Gasteiger charge is -2.24. The van der Waals surface area contributed by atoms with E-state index in [9.17, 15) is 9.18 Å². The first-order chi connectivity index (χ1) is 12.2. The van der Waals surface area contributed by atoms with Crippen LogP contribution in [-0.4, -0.2) is 32.2 Å². The first-order valence-electron chi connectivity index (χ1n) is 8.70. The highest BCUT2D eigenvalue weighted by Gasteiger charge is 2.16. The van der Waals surface area contributed by atoms with Gasteiger partial charge in [-0.1, -0.05) is 36.4 Å². The summed E-state index contributed by atoms with van der Waals surface area (Å²) in [6, 6.07) is 14.4. The standard InChI is InChI=1S/C20H23FN2O2/c21-19-7-3-4-16(12-19)13-20(24)22-14-17-5-1-2-6-18(17)15-23-8-10-25-11-9-23/h1-7,12H,8-11,13-15H2,(H,22,24)/p+1. The van der Waals surface area contributed by atoms with Crippen LogP contribution in [0.2, 0.25) is 0 Å². The number of quaternary nitrogens is 1. The molecular weight excluding hydrogens is 319 g/mol. The number of nitrogens with one attached hydrogen (secondary N) is 2. The second kappa shape index (κ2) is 8.74. The highest BCUT2D eigenvalue weighted by molar-refractivity contribution is 5.78. The van der Waals surface area contributed by atoms with Gasteiger partial charge < -0.3 is 15.0 Å². The molecule has 0 bridgehead atoms. The Morgan fingerprint density at radius 1 is 1.08 bits per heavy atom. The molecule has 0 spiro atoms. The predicted octanol–water partition coefficient (Wildman–Crippen LogP) is 1.10. The fourth-order valence-electron chi connectivity index (χ4n) is 3.10. The maximum atomic E-state index is 13.2. The lowest BCUT2D eigenvalue weighted by molar-refractivity contribution is -0.921. The SMILES string of the molecule is O=C(Cc1cccc(F)c1)NCc1ccccc1C[NH+]1CCOCC1. The molecule has 1 fully saturated rings. The van der Waals surface area contributed by atoms with Gasteiger partial charge in [0.2, 0.25) is 5.91 Å². The molecule has 1 saturated heterocycles. The van der Waals surface area contributed by atoms with Gasteiger partial charge in [0.1, 0.15) is 25.5 Å². The number of morpholine rings is 1. The molecule has 1 aliphatic heterocycles. The van der Waals surface area contributed by atoms with Crippen LogP contribution in [0, 0.1) is 5.82 Å². The van der Waals surface area contributed by atoms with Gasteiger partial charge in [0.15, 0.2) is 0 Å². The largest absolute Gasteiger partial charge is 0.370 e. The van der Waals surface area contributed by atoms with Crippen LogP contribution in [0.3, 0.4) is 0 Å². The molecule has 132 valence electrons. The summed E-state index contributed by atoms with van der Waals surface area (Å²) in [7, 11) is 0. The van der Waals surface area contributed by atoms with Crippen molar-refractivity contribution in [2.75, 3.05) is 26.3 Å². The molecular formula is C20H24FN2O2+. The summed E-state index contributed by atoms with van der Waals surface area (Å²) < 4.78 is 18.6. The summed E-state index contributed by atoms with van der Waals surface area (Å²) in [5, 5.41) is 2.95. The Labute approximate surface area is 147 Å². The number of ether oxygens (including phenoxy) is 1. The highest BCUT2D eigenvalue weighted by Crippen LogP contribution is 2.08. The van der Waals surface area contributed by atoms with Crippen molar-refractivity contribution >= 4 is 5.91 Å². The van der Waals surface area contributed by atoms with Crippen LogP contribution in [0.15, 0.2) is 48.5 Å². The second-order valence-corrected chi connectivity index (χ2v) is 6.39. The molecule has 0 atom stereocenters. The van der Waals surface area contributed by atoms with E-state index in [0.29, 0.717) is 12.1 Å². The van der Waals surface area contributed by atoms with Crippen LogP contribution in [-0.2, 0) is 29.0 Å². The van der Waals surface area contributed by atoms with Gasteiger partial charge in [-0.3, -0.25) is 4.79 Å². The third-order valence-corrected chi connectivity index (χ3v) is 4.49. The van der Waals surface area contributed by atoms with E-state index in [1.807, 2.05) is 12.1 Å². The average Bonchev–Trinajstić information content (AvgIpc) is 2.62. The topological polar surface area (TPSA) is 42.8 Å². The predicted molar refractivity (Wildman–Crippen MR) is 93.6 cm³/mol. The van der Waals surface area contributed by atoms with Crippen LogP contribution in [0.4, 0.5) is 4.39 Å². The zero-order valence-corrected chi connectivity index (χ0v) is 14.3. The van der Waals surface area contributed by atoms with Crippen molar-refractivity contribution in [3.63, 3.8) is 0 Å². The minimum atomic E-state index is -0.316. The maximum Gasteiger partial charge on any atom is 0.224 e. The molecule has 3 rings (SSSR count). The van der Waals surface area contributed by atoms with Crippen LogP contribution >= 0.6 is 0 Å². The van der Waals surface area contributed by atoms with Crippen molar-refractivity contribution in [3.8, 4) is 0 Å². The van der Waals surface area contributed by atoms with Gasteiger partial charge in [0, 0.05) is 12.1 Å². The summed E-state index contributed by atoms with van der Waals surface area (Å²) in [6.07, 6.45) is 0.189. The summed E-state index contributed by atoms with van der Waals surface area (Å²) in [4.78, 5) is 13.6. The van der Waals surface area contributed by atoms with E-state index in [-0.39, 0.29) is 18.1 Å². The molecule has 0 unspecified atom stereocenters. The average molecular weight is 343 g/mol. The summed E-state index contributed by atoms with van der Waals surface area (Å²) >= 11 is 0. The Bertz CT molecular complexity index is 714. The van der Waals surface area contributed by atoms with E-state index < -0.39 is 0 Å². The highest BCUT2D eigenvalue weighted by atomic mass is 19.1. The lowest BCUT2D eigenvalue weighted by Crippen LogP contribution is -3.12. The number of rotatable bonds is 6. The first kappa shape index (κ1) is 17.6. The lowest BCUT2D eigenvalue weighted by atomic mass is 10.1. The van der Waals surface area contributed by atoms with E-state index in [1.165, 1.54) is 22.6 Å². The van der Waals surface area contributed by atoms with Gasteiger partial charge in [0.05, 0.1) is 19.6 Å². The molecule has 0 aromatic heterocycles. The Hall–Kier alpha value is -2.24. The molecule has 0 saturated carbocycles. The summed E-state index contributed by atoms with van der Waals surface area (Å²) in [6.45, 7) is 5.08. The third kappa shape index (κ3) is 5.37. The van der Waals surface area contributed by atoms with Crippen molar-refractivity contribution < 1.29 is 18.8 Å². The minimum Gasteiger partial charge on any atom is -0.370 e. The van der Waals surface area contributed by atoms with Crippen molar-refractivity contribution in [3.05, 3.63) is 71.0 Å². The molecule has 4 nitrogen and oxygen atoms in total. The number of amides is 1. The molecule has 0 aliphatic carbocycles. The molecule has 2 N–H and O–H groups in total. The molecule has 1 heterocycles. The Morgan fingerprint density at radius 3 is 2.60 bits per heavy atom. The van der Waals surface area contributed by atoms with Crippen molar-refractivity contribution in [2.24, 2.45) is 0 Å². The van der Waals surface area contributed by atoms with Gasteiger partial charge >= 0.3 is 0 Å². The monoisotopic (exact) mass is 343 g/mol. The molecule has 5 heteroatoms. The van der Waals surface area contributed by atoms with Crippen LogP contribution < -0.4 is 10.2 Å². The van der Waals surface area contributed by atoms with E-state index in [2.05, 4.69) is 17.4 Å². The summed E-state index contributed by atoms with van der Waals surface area (Å²) in [5.74, 6) is -0.414. The number of benzene rings is 2. The number of hydrogen-bond acceptors (Lipinski definition) is 2. The number of carbonyl (C=O) groups excluding carboxylic acids is 1. The molecule has 1 amide bonds. The van der Waals surface area contributed by atoms with Gasteiger partial charge in [-0.25, -0.2) is 4.39 Å². The van der Waals surface area contributed by atoms with Gasteiger partial charge in [-0.15, -0.1) is 0 Å². The Kier molecular flexibility index (Phi) is 6.14. The fraction of sp³-hybridized carbons (Fsp3) is 0.350. The van der Waals surface area contributed by atoms with Crippen molar-refractivity contribution in [2.45, 2.75) is 19.5 Å². The van der Waals surface area contributed by atoms with E-state index in [4.69, 9.17) is 4.74 Å². The number of carbonyl (C=O) groups is 1. The molecule has 0 radical (unpaired) electrons. The van der Waals surface area contributed by atoms with Crippen LogP contribution in [0.5, 0.6) is 0 Å². The molecule has 25 heavy (non-hydrogen) atoms. The van der Waals surface area contributed by atoms with Gasteiger partial charge in [-0.2, -0.15) is 0 Å². The molecule has 2 aromatic rings. The number of hydrogen-bond donors (Lipinski definition) is 2. The van der Waals surface area contributed by atoms with Crippen molar-refractivity contribution in [1.29, 1.82) is 0 Å². The number of halogens is 1. The van der Waals surface area contributed by atoms with Crippen LogP contribution in [0.1, 0.15) is 16.7 Å². The Balaban J connectivity index is 1.56. The molecule has 1 aliphatic rings. The fourth-order valence-corrected chi connectivity index (χ4v) is 3.10. The van der Waals surface area contributed by atoms with E-state index in [1.54, 1.807) is 12.1 Å². The zero-order valence-electron chi connectivity index (χ0n) is 14.3. The van der Waals surface area contributed by atoms with Gasteiger partial charge in [0.25, 0.3) is 0 Å². The second-order valence-electron chi connectivity index (χ2n) is 6.39. The minimum absolute atomic E-state index is 0.0980. The van der Waals surface area contributed by atoms with E-state index >= 15 is 0 Å². The van der Waals surface area contributed by atoms with Crippen LogP contribution in [0.25, 0.3) is 0 Å². The smallest absolute Gasteiger partial charge is 0.224 e. The molecule has 2 aromatic carbocycles. The maximum absolute atomic E-state index is 13.2. The van der Waals surface area contributed by atoms with E-state index in [0.717, 1.165) is 38.4 Å². The Morgan fingerprint density at radius 2 is 1.84 bits per heavy atom. The third-order valence-electron chi connectivity index (χ3n) is 4.49. The normalized spacial score (nSPS) is 15.1.